The zero-order valence-electron chi connectivity index (χ0n) is 12.8. The van der Waals surface area contributed by atoms with Crippen LogP contribution in [0.15, 0.2) is 46.9 Å². The van der Waals surface area contributed by atoms with Crippen LogP contribution in [0.1, 0.15) is 11.1 Å². The number of benzene rings is 2. The molecule has 4 nitrogen and oxygen atoms in total. The van der Waals surface area contributed by atoms with Gasteiger partial charge in [0.1, 0.15) is 12.4 Å². The van der Waals surface area contributed by atoms with Crippen LogP contribution in [0.25, 0.3) is 0 Å². The average molecular weight is 382 g/mol. The Morgan fingerprint density at radius 1 is 1.35 bits per heavy atom. The second kappa shape index (κ2) is 7.46. The number of carboxylic acid groups (broad SMARTS) is 1. The van der Waals surface area contributed by atoms with Gasteiger partial charge in [0.25, 0.3) is 6.30 Å². The summed E-state index contributed by atoms with van der Waals surface area (Å²) in [6.45, 7) is 2.19. The number of carbonyl (C=O) groups is 1. The summed E-state index contributed by atoms with van der Waals surface area (Å²) in [5.74, 6) is -1.11. The van der Waals surface area contributed by atoms with Crippen molar-refractivity contribution in [3.63, 3.8) is 0 Å². The highest BCUT2D eigenvalue weighted by atomic mass is 79.9. The highest BCUT2D eigenvalue weighted by molar-refractivity contribution is 9.10. The number of hydrogen-bond donors (Lipinski definition) is 1. The molecule has 0 aliphatic rings. The first kappa shape index (κ1) is 17.3. The molecule has 122 valence electrons. The molecule has 0 radical (unpaired) electrons. The molecule has 6 heteroatoms. The third kappa shape index (κ3) is 4.22. The van der Waals surface area contributed by atoms with Gasteiger partial charge in [0.15, 0.2) is 0 Å². The van der Waals surface area contributed by atoms with E-state index in [1.807, 2.05) is 37.3 Å². The van der Waals surface area contributed by atoms with Crippen LogP contribution in [0.3, 0.4) is 0 Å². The maximum Gasteiger partial charge on any atom is 0.359 e. The van der Waals surface area contributed by atoms with Crippen molar-refractivity contribution in [1.82, 2.24) is 0 Å². The minimum absolute atomic E-state index is 0.312. The van der Waals surface area contributed by atoms with E-state index in [0.717, 1.165) is 20.5 Å². The van der Waals surface area contributed by atoms with Gasteiger partial charge in [-0.2, -0.15) is 0 Å². The summed E-state index contributed by atoms with van der Waals surface area (Å²) in [6, 6.07) is 13.0. The maximum atomic E-state index is 13.8. The summed E-state index contributed by atoms with van der Waals surface area (Å²) >= 11 is 3.38. The van der Waals surface area contributed by atoms with Crippen molar-refractivity contribution in [1.29, 1.82) is 0 Å². The van der Waals surface area contributed by atoms with E-state index in [9.17, 15) is 9.18 Å². The van der Waals surface area contributed by atoms with E-state index in [0.29, 0.717) is 18.0 Å². The summed E-state index contributed by atoms with van der Waals surface area (Å²) < 4.78 is 20.4. The van der Waals surface area contributed by atoms with Crippen molar-refractivity contribution < 1.29 is 19.0 Å². The average Bonchev–Trinajstić information content (AvgIpc) is 2.55. The van der Waals surface area contributed by atoms with E-state index >= 15 is 0 Å². The second-order valence-electron chi connectivity index (χ2n) is 5.13. The first-order valence-electron chi connectivity index (χ1n) is 6.96. The van der Waals surface area contributed by atoms with Gasteiger partial charge in [-0.3, -0.25) is 0 Å². The fraction of sp³-hybridized carbons (Fsp3) is 0.235. The van der Waals surface area contributed by atoms with Gasteiger partial charge in [-0.15, -0.1) is 0 Å². The molecule has 2 rings (SSSR count). The number of carboxylic acids is 1. The Morgan fingerprint density at radius 2 is 2.00 bits per heavy atom. The molecule has 0 aliphatic heterocycles. The molecule has 0 saturated carbocycles. The van der Waals surface area contributed by atoms with Gasteiger partial charge in [0.05, 0.1) is 5.69 Å². The molecule has 0 heterocycles. The van der Waals surface area contributed by atoms with Gasteiger partial charge in [-0.05, 0) is 30.2 Å². The molecular formula is C17H17BrFNO3. The van der Waals surface area contributed by atoms with Crippen LogP contribution >= 0.6 is 15.9 Å². The van der Waals surface area contributed by atoms with Crippen molar-refractivity contribution in [3.05, 3.63) is 58.1 Å². The summed E-state index contributed by atoms with van der Waals surface area (Å²) in [4.78, 5) is 11.9. The Bertz CT molecular complexity index is 694. The minimum Gasteiger partial charge on any atom is -0.487 e. The number of anilines is 1. The largest absolute Gasteiger partial charge is 0.487 e. The lowest BCUT2D eigenvalue weighted by Crippen LogP contribution is -2.34. The van der Waals surface area contributed by atoms with Crippen LogP contribution in [0, 0.1) is 6.92 Å². The first-order valence-corrected chi connectivity index (χ1v) is 7.76. The lowest BCUT2D eigenvalue weighted by Gasteiger charge is -2.24. The van der Waals surface area contributed by atoms with E-state index in [1.54, 1.807) is 12.1 Å². The molecular weight excluding hydrogens is 365 g/mol. The third-order valence-electron chi connectivity index (χ3n) is 3.40. The lowest BCUT2D eigenvalue weighted by atomic mass is 10.2. The van der Waals surface area contributed by atoms with Crippen LogP contribution in [0.2, 0.25) is 0 Å². The number of rotatable bonds is 6. The molecule has 1 atom stereocenters. The molecule has 1 N–H and O–H groups in total. The predicted octanol–water partition coefficient (Wildman–Crippen LogP) is 4.15. The normalized spacial score (nSPS) is 11.8. The molecule has 0 saturated heterocycles. The number of likely N-dealkylation sites (N-methyl/N-ethyl adjacent to an activating group) is 1. The van der Waals surface area contributed by atoms with Crippen LogP contribution in [0.5, 0.6) is 5.75 Å². The Kier molecular flexibility index (Phi) is 5.60. The van der Waals surface area contributed by atoms with Gasteiger partial charge >= 0.3 is 5.97 Å². The van der Waals surface area contributed by atoms with Crippen LogP contribution in [0.4, 0.5) is 10.1 Å². The van der Waals surface area contributed by atoms with Crippen molar-refractivity contribution in [2.45, 2.75) is 19.8 Å². The van der Waals surface area contributed by atoms with E-state index in [-0.39, 0.29) is 0 Å². The van der Waals surface area contributed by atoms with Crippen molar-refractivity contribution in [2.24, 2.45) is 0 Å². The molecule has 2 aromatic carbocycles. The Morgan fingerprint density at radius 3 is 2.61 bits per heavy atom. The van der Waals surface area contributed by atoms with Gasteiger partial charge < -0.3 is 14.7 Å². The fourth-order valence-corrected chi connectivity index (χ4v) is 2.39. The van der Waals surface area contributed by atoms with Crippen molar-refractivity contribution in [2.75, 3.05) is 11.9 Å². The molecule has 0 aromatic heterocycles. The fourth-order valence-electron chi connectivity index (χ4n) is 2.06. The zero-order chi connectivity index (χ0) is 17.0. The summed E-state index contributed by atoms with van der Waals surface area (Å²) in [5, 5.41) is 8.87. The predicted molar refractivity (Wildman–Crippen MR) is 90.6 cm³/mol. The van der Waals surface area contributed by atoms with Crippen molar-refractivity contribution >= 4 is 27.6 Å². The minimum atomic E-state index is -2.15. The van der Waals surface area contributed by atoms with Gasteiger partial charge in [-0.25, -0.2) is 9.18 Å². The Hall–Kier alpha value is -2.08. The molecule has 0 amide bonds. The number of ether oxygens (including phenoxy) is 1. The molecule has 1 unspecified atom stereocenters. The number of aryl methyl sites for hydroxylation is 1. The molecule has 0 bridgehead atoms. The third-order valence-corrected chi connectivity index (χ3v) is 4.26. The Labute approximate surface area is 142 Å². The molecule has 0 fully saturated rings. The smallest absolute Gasteiger partial charge is 0.359 e. The van der Waals surface area contributed by atoms with Crippen LogP contribution < -0.4 is 9.64 Å². The first-order chi connectivity index (χ1) is 10.9. The number of alkyl halides is 1. The number of hydrogen-bond acceptors (Lipinski definition) is 3. The Balaban J connectivity index is 2.30. The quantitative estimate of drug-likeness (QED) is 0.763. The standard InChI is InChI=1S/C17H17BrFNO3/c1-11-8-15(23-10-12-6-4-3-5-7-12)14(9-13(11)18)20(2)16(19)17(21)22/h3-9,16H,10H2,1-2H3,(H,21,22). The maximum absolute atomic E-state index is 13.8. The second-order valence-corrected chi connectivity index (χ2v) is 5.98. The van der Waals surface area contributed by atoms with E-state index in [4.69, 9.17) is 9.84 Å². The van der Waals surface area contributed by atoms with Crippen molar-refractivity contribution in [3.8, 4) is 5.75 Å². The van der Waals surface area contributed by atoms with Crippen LogP contribution in [-0.4, -0.2) is 24.4 Å². The highest BCUT2D eigenvalue weighted by Gasteiger charge is 2.25. The highest BCUT2D eigenvalue weighted by Crippen LogP contribution is 2.35. The SMILES string of the molecule is Cc1cc(OCc2ccccc2)c(N(C)C(F)C(=O)O)cc1Br. The van der Waals surface area contributed by atoms with E-state index < -0.39 is 12.3 Å². The number of aliphatic carboxylic acids is 1. The monoisotopic (exact) mass is 381 g/mol. The van der Waals surface area contributed by atoms with Gasteiger partial charge in [0.2, 0.25) is 0 Å². The lowest BCUT2D eigenvalue weighted by molar-refractivity contribution is -0.142. The summed E-state index contributed by atoms with van der Waals surface area (Å²) in [7, 11) is 1.38. The van der Waals surface area contributed by atoms with Gasteiger partial charge in [-0.1, -0.05) is 46.3 Å². The van der Waals surface area contributed by atoms with Crippen LogP contribution in [-0.2, 0) is 11.4 Å². The molecule has 2 aromatic rings. The molecule has 23 heavy (non-hydrogen) atoms. The summed E-state index contributed by atoms with van der Waals surface area (Å²) in [6.07, 6.45) is -2.15. The molecule has 0 aliphatic carbocycles. The number of halogens is 2. The van der Waals surface area contributed by atoms with E-state index in [2.05, 4.69) is 15.9 Å². The topological polar surface area (TPSA) is 49.8 Å². The zero-order valence-corrected chi connectivity index (χ0v) is 14.4. The van der Waals surface area contributed by atoms with E-state index in [1.165, 1.54) is 7.05 Å². The number of nitrogens with zero attached hydrogens (tertiary/aromatic N) is 1. The summed E-state index contributed by atoms with van der Waals surface area (Å²) in [5.41, 5.74) is 2.25. The van der Waals surface area contributed by atoms with Gasteiger partial charge in [0, 0.05) is 11.5 Å². The molecule has 0 spiro atoms.